The fourth-order valence-corrected chi connectivity index (χ4v) is 2.88. The second kappa shape index (κ2) is 5.80. The van der Waals surface area contributed by atoms with Crippen molar-refractivity contribution in [1.82, 2.24) is 9.97 Å². The first-order valence-corrected chi connectivity index (χ1v) is 7.05. The minimum absolute atomic E-state index is 0.0496. The molecule has 0 bridgehead atoms. The molecule has 3 N–H and O–H groups in total. The molecule has 0 aliphatic carbocycles. The Bertz CT molecular complexity index is 819. The van der Waals surface area contributed by atoms with Gasteiger partial charge >= 0.3 is 0 Å². The quantitative estimate of drug-likeness (QED) is 0.336. The van der Waals surface area contributed by atoms with Gasteiger partial charge in [0, 0.05) is 17.3 Å². The van der Waals surface area contributed by atoms with E-state index in [1.165, 1.54) is 23.3 Å². The summed E-state index contributed by atoms with van der Waals surface area (Å²) in [6.45, 7) is 0. The van der Waals surface area contributed by atoms with Gasteiger partial charge in [-0.3, -0.25) is 0 Å². The number of hydrogen-bond acceptors (Lipinski definition) is 5. The topological polar surface area (TPSA) is 84.4 Å². The highest BCUT2D eigenvalue weighted by Crippen LogP contribution is 2.30. The van der Waals surface area contributed by atoms with Crippen molar-refractivity contribution in [2.24, 2.45) is 10.9 Å². The lowest BCUT2D eigenvalue weighted by atomic mass is 10.1. The first kappa shape index (κ1) is 13.4. The average Bonchev–Trinajstić information content (AvgIpc) is 2.54. The molecule has 3 aromatic rings. The molecule has 0 atom stereocenters. The normalized spacial score (nSPS) is 11.7. The number of benzene rings is 2. The molecular formula is C15H12N4OS. The molecule has 3 rings (SSSR count). The van der Waals surface area contributed by atoms with Crippen LogP contribution in [0.15, 0.2) is 69.9 Å². The predicted molar refractivity (Wildman–Crippen MR) is 82.6 cm³/mol. The molecule has 0 spiro atoms. The van der Waals surface area contributed by atoms with Gasteiger partial charge in [0.2, 0.25) is 0 Å². The van der Waals surface area contributed by atoms with E-state index < -0.39 is 0 Å². The largest absolute Gasteiger partial charge is 0.409 e. The lowest BCUT2D eigenvalue weighted by Crippen LogP contribution is -2.16. The molecule has 1 aromatic heterocycles. The van der Waals surface area contributed by atoms with Crippen LogP contribution in [0.3, 0.4) is 0 Å². The van der Waals surface area contributed by atoms with Crippen LogP contribution in [0.4, 0.5) is 0 Å². The standard InChI is InChI=1S/C15H12N4OS/c16-14(19-20)13-15(18-8-7-17-13)21-12-6-5-10-3-1-2-4-11(10)9-12/h1-9,20H,(H2,16,19). The Balaban J connectivity index is 1.99. The summed E-state index contributed by atoms with van der Waals surface area (Å²) >= 11 is 1.43. The van der Waals surface area contributed by atoms with Crippen LogP contribution in [0.5, 0.6) is 0 Å². The molecule has 2 aromatic carbocycles. The lowest BCUT2D eigenvalue weighted by Gasteiger charge is -2.06. The van der Waals surface area contributed by atoms with Crippen LogP contribution in [0.2, 0.25) is 0 Å². The van der Waals surface area contributed by atoms with E-state index in [1.54, 1.807) is 6.20 Å². The van der Waals surface area contributed by atoms with Crippen molar-refractivity contribution in [3.8, 4) is 0 Å². The van der Waals surface area contributed by atoms with Gasteiger partial charge in [-0.15, -0.1) is 0 Å². The second-order valence-electron chi connectivity index (χ2n) is 4.31. The Morgan fingerprint density at radius 3 is 2.62 bits per heavy atom. The molecular weight excluding hydrogens is 284 g/mol. The summed E-state index contributed by atoms with van der Waals surface area (Å²) in [5, 5.41) is 14.7. The number of oxime groups is 1. The fourth-order valence-electron chi connectivity index (χ4n) is 1.97. The summed E-state index contributed by atoms with van der Waals surface area (Å²) in [7, 11) is 0. The maximum Gasteiger partial charge on any atom is 0.191 e. The van der Waals surface area contributed by atoms with E-state index in [1.807, 2.05) is 18.2 Å². The lowest BCUT2D eigenvalue weighted by molar-refractivity contribution is 0.318. The number of nitrogens with two attached hydrogens (primary N) is 1. The third-order valence-electron chi connectivity index (χ3n) is 2.95. The van der Waals surface area contributed by atoms with Crippen LogP contribution < -0.4 is 5.73 Å². The van der Waals surface area contributed by atoms with E-state index in [9.17, 15) is 0 Å². The molecule has 0 amide bonds. The summed E-state index contributed by atoms with van der Waals surface area (Å²) in [5.41, 5.74) is 6.00. The molecule has 0 radical (unpaired) electrons. The number of aromatic nitrogens is 2. The highest BCUT2D eigenvalue weighted by Gasteiger charge is 2.11. The predicted octanol–water partition coefficient (Wildman–Crippen LogP) is 2.88. The SMILES string of the molecule is NC(=NO)c1nccnc1Sc1ccc2ccccc2c1. The van der Waals surface area contributed by atoms with Crippen LogP contribution in [-0.4, -0.2) is 21.0 Å². The van der Waals surface area contributed by atoms with Gasteiger partial charge in [-0.25, -0.2) is 9.97 Å². The van der Waals surface area contributed by atoms with Crippen molar-refractivity contribution in [2.75, 3.05) is 0 Å². The average molecular weight is 296 g/mol. The smallest absolute Gasteiger partial charge is 0.191 e. The zero-order valence-corrected chi connectivity index (χ0v) is 11.8. The highest BCUT2D eigenvalue weighted by atomic mass is 32.2. The highest BCUT2D eigenvalue weighted by molar-refractivity contribution is 7.99. The third kappa shape index (κ3) is 2.80. The Morgan fingerprint density at radius 1 is 1.05 bits per heavy atom. The molecule has 0 aliphatic heterocycles. The van der Waals surface area contributed by atoms with E-state index >= 15 is 0 Å². The van der Waals surface area contributed by atoms with Gasteiger partial charge in [-0.1, -0.05) is 47.2 Å². The Kier molecular flexibility index (Phi) is 3.70. The maximum atomic E-state index is 8.81. The summed E-state index contributed by atoms with van der Waals surface area (Å²) in [6.07, 6.45) is 3.09. The van der Waals surface area contributed by atoms with E-state index in [0.29, 0.717) is 10.7 Å². The van der Waals surface area contributed by atoms with Crippen molar-refractivity contribution >= 4 is 28.4 Å². The van der Waals surface area contributed by atoms with Crippen LogP contribution >= 0.6 is 11.8 Å². The van der Waals surface area contributed by atoms with E-state index in [4.69, 9.17) is 10.9 Å². The summed E-state index contributed by atoms with van der Waals surface area (Å²) < 4.78 is 0. The van der Waals surface area contributed by atoms with E-state index in [2.05, 4.69) is 39.4 Å². The Hall–Kier alpha value is -2.60. The van der Waals surface area contributed by atoms with Gasteiger partial charge in [0.05, 0.1) is 0 Å². The molecule has 0 saturated heterocycles. The molecule has 6 heteroatoms. The number of hydrogen-bond donors (Lipinski definition) is 2. The zero-order valence-electron chi connectivity index (χ0n) is 11.0. The van der Waals surface area contributed by atoms with Gasteiger partial charge in [-0.05, 0) is 22.9 Å². The van der Waals surface area contributed by atoms with Crippen molar-refractivity contribution in [2.45, 2.75) is 9.92 Å². The van der Waals surface area contributed by atoms with Gasteiger partial charge < -0.3 is 10.9 Å². The molecule has 0 saturated carbocycles. The van der Waals surface area contributed by atoms with E-state index in [-0.39, 0.29) is 5.84 Å². The molecule has 0 aliphatic rings. The minimum Gasteiger partial charge on any atom is -0.409 e. The third-order valence-corrected chi connectivity index (χ3v) is 3.93. The van der Waals surface area contributed by atoms with E-state index in [0.717, 1.165) is 10.3 Å². The minimum atomic E-state index is -0.0496. The van der Waals surface area contributed by atoms with Gasteiger partial charge in [0.1, 0.15) is 10.7 Å². The molecule has 5 nitrogen and oxygen atoms in total. The Labute approximate surface area is 125 Å². The van der Waals surface area contributed by atoms with Crippen molar-refractivity contribution < 1.29 is 5.21 Å². The van der Waals surface area contributed by atoms with Crippen LogP contribution in [0, 0.1) is 0 Å². The zero-order chi connectivity index (χ0) is 14.7. The second-order valence-corrected chi connectivity index (χ2v) is 5.37. The van der Waals surface area contributed by atoms with Gasteiger partial charge in [0.25, 0.3) is 0 Å². The molecule has 21 heavy (non-hydrogen) atoms. The molecule has 0 unspecified atom stereocenters. The maximum absolute atomic E-state index is 8.81. The molecule has 104 valence electrons. The number of amidine groups is 1. The first-order chi connectivity index (χ1) is 10.3. The van der Waals surface area contributed by atoms with Crippen molar-refractivity contribution in [3.63, 3.8) is 0 Å². The fraction of sp³-hybridized carbons (Fsp3) is 0. The monoisotopic (exact) mass is 296 g/mol. The molecule has 0 fully saturated rings. The summed E-state index contributed by atoms with van der Waals surface area (Å²) in [5.74, 6) is -0.0496. The van der Waals surface area contributed by atoms with Crippen molar-refractivity contribution in [3.05, 3.63) is 60.6 Å². The van der Waals surface area contributed by atoms with Gasteiger partial charge in [-0.2, -0.15) is 0 Å². The first-order valence-electron chi connectivity index (χ1n) is 6.23. The molecule has 1 heterocycles. The number of nitrogens with zero attached hydrogens (tertiary/aromatic N) is 3. The Morgan fingerprint density at radius 2 is 1.81 bits per heavy atom. The number of fused-ring (bicyclic) bond motifs is 1. The van der Waals surface area contributed by atoms with Gasteiger partial charge in [0.15, 0.2) is 5.84 Å². The van der Waals surface area contributed by atoms with Crippen LogP contribution in [-0.2, 0) is 0 Å². The summed E-state index contributed by atoms with van der Waals surface area (Å²) in [6, 6.07) is 14.3. The summed E-state index contributed by atoms with van der Waals surface area (Å²) in [4.78, 5) is 9.38. The number of rotatable bonds is 3. The van der Waals surface area contributed by atoms with Crippen LogP contribution in [0.25, 0.3) is 10.8 Å². The van der Waals surface area contributed by atoms with Crippen molar-refractivity contribution in [1.29, 1.82) is 0 Å². The van der Waals surface area contributed by atoms with Crippen LogP contribution in [0.1, 0.15) is 5.69 Å².